The highest BCUT2D eigenvalue weighted by molar-refractivity contribution is 7.71. The average Bonchev–Trinajstić information content (AvgIpc) is 3.05. The highest BCUT2D eigenvalue weighted by Crippen LogP contribution is 2.28. The van der Waals surface area contributed by atoms with Crippen LogP contribution >= 0.6 is 12.2 Å². The number of hydrogen-bond donors (Lipinski definition) is 2. The Kier molecular flexibility index (Phi) is 6.33. The van der Waals surface area contributed by atoms with Gasteiger partial charge in [0.15, 0.2) is 17.3 Å². The van der Waals surface area contributed by atoms with Crippen molar-refractivity contribution in [3.8, 4) is 17.2 Å². The molecule has 7 nitrogen and oxygen atoms in total. The number of aromatic nitrogens is 3. The van der Waals surface area contributed by atoms with Crippen molar-refractivity contribution in [1.29, 1.82) is 0 Å². The third-order valence-electron chi connectivity index (χ3n) is 4.39. The summed E-state index contributed by atoms with van der Waals surface area (Å²) in [4.78, 5) is 0. The number of aromatic hydroxyl groups is 1. The number of methoxy groups -OCH3 is 1. The standard InChI is InChI=1S/C21H24N4O3S/c1-13(2)16-7-5-14(3)9-18(16)28-12-20-23-24-21(29)25(20)22-11-15-6-8-17(26)19(10-15)27-4/h5-11,13,26H,12H2,1-4H3,(H,24,29)/b22-11+. The van der Waals surface area contributed by atoms with Crippen molar-refractivity contribution in [2.45, 2.75) is 33.3 Å². The van der Waals surface area contributed by atoms with Crippen molar-refractivity contribution in [2.24, 2.45) is 5.10 Å². The monoisotopic (exact) mass is 412 g/mol. The highest BCUT2D eigenvalue weighted by atomic mass is 32.1. The molecule has 3 rings (SSSR count). The number of H-pyrrole nitrogens is 1. The first-order valence-electron chi connectivity index (χ1n) is 9.20. The van der Waals surface area contributed by atoms with Crippen molar-refractivity contribution in [3.63, 3.8) is 0 Å². The van der Waals surface area contributed by atoms with Gasteiger partial charge in [-0.3, -0.25) is 0 Å². The Bertz CT molecular complexity index is 1090. The number of rotatable bonds is 7. The molecule has 0 atom stereocenters. The minimum Gasteiger partial charge on any atom is -0.504 e. The summed E-state index contributed by atoms with van der Waals surface area (Å²) in [6.45, 7) is 6.50. The number of aryl methyl sites for hydroxylation is 1. The Morgan fingerprint density at radius 2 is 2.03 bits per heavy atom. The van der Waals surface area contributed by atoms with Gasteiger partial charge in [-0.05, 0) is 66.0 Å². The summed E-state index contributed by atoms with van der Waals surface area (Å²) in [5, 5.41) is 21.1. The van der Waals surface area contributed by atoms with E-state index in [0.717, 1.165) is 22.4 Å². The fourth-order valence-electron chi connectivity index (χ4n) is 2.82. The van der Waals surface area contributed by atoms with Crippen LogP contribution < -0.4 is 9.47 Å². The van der Waals surface area contributed by atoms with Gasteiger partial charge in [-0.15, -0.1) is 0 Å². The molecule has 1 heterocycles. The molecule has 0 radical (unpaired) electrons. The molecule has 0 spiro atoms. The molecule has 2 N–H and O–H groups in total. The SMILES string of the molecule is COc1cc(/C=N/n2c(COc3cc(C)ccc3C(C)C)n[nH]c2=S)ccc1O. The lowest BCUT2D eigenvalue weighted by Crippen LogP contribution is -2.06. The van der Waals surface area contributed by atoms with Crippen LogP contribution in [0, 0.1) is 11.7 Å². The molecule has 0 aliphatic heterocycles. The summed E-state index contributed by atoms with van der Waals surface area (Å²) in [5.41, 5.74) is 3.01. The fraction of sp³-hybridized carbons (Fsp3) is 0.286. The zero-order valence-corrected chi connectivity index (χ0v) is 17.7. The number of ether oxygens (including phenoxy) is 2. The number of hydrogen-bond acceptors (Lipinski definition) is 6. The van der Waals surface area contributed by atoms with Crippen molar-refractivity contribution in [1.82, 2.24) is 14.9 Å². The quantitative estimate of drug-likeness (QED) is 0.439. The molecule has 0 amide bonds. The van der Waals surface area contributed by atoms with Crippen LogP contribution in [0.15, 0.2) is 41.5 Å². The van der Waals surface area contributed by atoms with E-state index in [-0.39, 0.29) is 12.4 Å². The fourth-order valence-corrected chi connectivity index (χ4v) is 3.02. The van der Waals surface area contributed by atoms with Gasteiger partial charge in [0, 0.05) is 0 Å². The molecule has 0 saturated heterocycles. The van der Waals surface area contributed by atoms with Crippen molar-refractivity contribution in [2.75, 3.05) is 7.11 Å². The Labute approximate surface area is 174 Å². The van der Waals surface area contributed by atoms with E-state index in [0.29, 0.717) is 22.3 Å². The van der Waals surface area contributed by atoms with Gasteiger partial charge < -0.3 is 14.6 Å². The van der Waals surface area contributed by atoms with E-state index in [1.165, 1.54) is 11.8 Å². The Balaban J connectivity index is 1.82. The van der Waals surface area contributed by atoms with Crippen LogP contribution in [-0.4, -0.2) is 33.3 Å². The lowest BCUT2D eigenvalue weighted by molar-refractivity contribution is 0.286. The molecule has 0 unspecified atom stereocenters. The smallest absolute Gasteiger partial charge is 0.216 e. The second-order valence-electron chi connectivity index (χ2n) is 6.92. The molecule has 8 heteroatoms. The first kappa shape index (κ1) is 20.6. The molecule has 0 aliphatic carbocycles. The van der Waals surface area contributed by atoms with E-state index in [2.05, 4.69) is 41.3 Å². The summed E-state index contributed by atoms with van der Waals surface area (Å²) >= 11 is 5.29. The summed E-state index contributed by atoms with van der Waals surface area (Å²) in [6, 6.07) is 11.1. The van der Waals surface area contributed by atoms with Crippen LogP contribution in [-0.2, 0) is 6.61 Å². The largest absolute Gasteiger partial charge is 0.504 e. The average molecular weight is 413 g/mol. The molecule has 0 aliphatic rings. The number of phenolic OH excluding ortho intramolecular Hbond substituents is 1. The second kappa shape index (κ2) is 8.91. The van der Waals surface area contributed by atoms with E-state index in [4.69, 9.17) is 21.7 Å². The minimum absolute atomic E-state index is 0.0674. The lowest BCUT2D eigenvalue weighted by atomic mass is 10.0. The number of aromatic amines is 1. The van der Waals surface area contributed by atoms with Crippen LogP contribution in [0.3, 0.4) is 0 Å². The molecular formula is C21H24N4O3S. The van der Waals surface area contributed by atoms with Gasteiger partial charge in [0.1, 0.15) is 12.4 Å². The van der Waals surface area contributed by atoms with E-state index in [9.17, 15) is 5.11 Å². The molecule has 0 fully saturated rings. The number of nitrogens with zero attached hydrogens (tertiary/aromatic N) is 3. The van der Waals surface area contributed by atoms with E-state index >= 15 is 0 Å². The lowest BCUT2D eigenvalue weighted by Gasteiger charge is -2.14. The third-order valence-corrected chi connectivity index (χ3v) is 4.66. The molecule has 152 valence electrons. The van der Waals surface area contributed by atoms with Gasteiger partial charge >= 0.3 is 0 Å². The van der Waals surface area contributed by atoms with Gasteiger partial charge in [0.25, 0.3) is 0 Å². The maximum absolute atomic E-state index is 9.71. The summed E-state index contributed by atoms with van der Waals surface area (Å²) in [6.07, 6.45) is 1.61. The number of nitrogens with one attached hydrogen (secondary N) is 1. The first-order valence-corrected chi connectivity index (χ1v) is 9.61. The maximum atomic E-state index is 9.71. The normalized spacial score (nSPS) is 11.3. The summed E-state index contributed by atoms with van der Waals surface area (Å²) < 4.78 is 13.0. The third kappa shape index (κ3) is 4.83. The molecule has 2 aromatic carbocycles. The molecular weight excluding hydrogens is 388 g/mol. The molecule has 3 aromatic rings. The minimum atomic E-state index is 0.0674. The first-order chi connectivity index (χ1) is 13.9. The van der Waals surface area contributed by atoms with E-state index in [1.807, 2.05) is 13.0 Å². The second-order valence-corrected chi connectivity index (χ2v) is 7.30. The summed E-state index contributed by atoms with van der Waals surface area (Å²) in [5.74, 6) is 2.15. The van der Waals surface area contributed by atoms with Crippen molar-refractivity contribution < 1.29 is 14.6 Å². The Hall–Kier alpha value is -3.13. The van der Waals surface area contributed by atoms with E-state index in [1.54, 1.807) is 24.4 Å². The number of benzene rings is 2. The van der Waals surface area contributed by atoms with Crippen LogP contribution in [0.2, 0.25) is 0 Å². The van der Waals surface area contributed by atoms with Gasteiger partial charge in [-0.1, -0.05) is 26.0 Å². The Morgan fingerprint density at radius 1 is 1.24 bits per heavy atom. The topological polar surface area (TPSA) is 84.7 Å². The molecule has 0 saturated carbocycles. The van der Waals surface area contributed by atoms with Crippen LogP contribution in [0.4, 0.5) is 0 Å². The van der Waals surface area contributed by atoms with Crippen LogP contribution in [0.25, 0.3) is 0 Å². The van der Waals surface area contributed by atoms with Gasteiger partial charge in [0.2, 0.25) is 4.77 Å². The molecule has 1 aromatic heterocycles. The zero-order chi connectivity index (χ0) is 21.0. The van der Waals surface area contributed by atoms with Crippen LogP contribution in [0.5, 0.6) is 17.2 Å². The van der Waals surface area contributed by atoms with Crippen LogP contribution in [0.1, 0.15) is 42.3 Å². The van der Waals surface area contributed by atoms with E-state index < -0.39 is 0 Å². The Morgan fingerprint density at radius 3 is 2.76 bits per heavy atom. The molecule has 0 bridgehead atoms. The predicted molar refractivity (Wildman–Crippen MR) is 115 cm³/mol. The van der Waals surface area contributed by atoms with Gasteiger partial charge in [0.05, 0.1) is 13.3 Å². The maximum Gasteiger partial charge on any atom is 0.216 e. The zero-order valence-electron chi connectivity index (χ0n) is 16.8. The number of phenols is 1. The van der Waals surface area contributed by atoms with Gasteiger partial charge in [-0.25, -0.2) is 5.10 Å². The molecule has 29 heavy (non-hydrogen) atoms. The summed E-state index contributed by atoms with van der Waals surface area (Å²) in [7, 11) is 1.49. The van der Waals surface area contributed by atoms with Gasteiger partial charge in [-0.2, -0.15) is 14.9 Å². The predicted octanol–water partition coefficient (Wildman–Crippen LogP) is 4.55. The van der Waals surface area contributed by atoms with Crippen molar-refractivity contribution in [3.05, 3.63) is 63.7 Å². The highest BCUT2D eigenvalue weighted by Gasteiger charge is 2.11. The van der Waals surface area contributed by atoms with Crippen molar-refractivity contribution >= 4 is 18.4 Å².